The highest BCUT2D eigenvalue weighted by atomic mass is 32.1. The number of thiazole rings is 1. The minimum absolute atomic E-state index is 0.0269. The first-order chi connectivity index (χ1) is 12.0. The molecule has 146 valence electrons. The molecule has 1 aromatic rings. The van der Waals surface area contributed by atoms with E-state index >= 15 is 0 Å². The minimum Gasteiger partial charge on any atom is -0.467 e. The molecule has 0 fully saturated rings. The van der Waals surface area contributed by atoms with Crippen molar-refractivity contribution in [3.63, 3.8) is 0 Å². The summed E-state index contributed by atoms with van der Waals surface area (Å²) < 4.78 is 5.46. The Morgan fingerprint density at radius 1 is 1.35 bits per heavy atom. The molecule has 0 spiro atoms. The second-order valence-electron chi connectivity index (χ2n) is 8.14. The summed E-state index contributed by atoms with van der Waals surface area (Å²) in [6.07, 6.45) is 1.45. The summed E-state index contributed by atoms with van der Waals surface area (Å²) in [5.74, 6) is 5.99. The number of nitrogens with zero attached hydrogens (tertiary/aromatic N) is 1. The van der Waals surface area contributed by atoms with Crippen molar-refractivity contribution in [2.45, 2.75) is 59.6 Å². The Morgan fingerprint density at radius 3 is 2.65 bits per heavy atom. The molecule has 3 N–H and O–H groups in total. The lowest BCUT2D eigenvalue weighted by atomic mass is 9.98. The predicted octanol–water partition coefficient (Wildman–Crippen LogP) is 2.44. The van der Waals surface area contributed by atoms with Gasteiger partial charge in [0, 0.05) is 30.5 Å². The minimum atomic E-state index is -0.642. The number of β-amino-alcohol motifs (C(OH)–C–C–N with tert-alkyl or cyclic N) is 1. The first kappa shape index (κ1) is 22.4. The molecule has 0 saturated carbocycles. The van der Waals surface area contributed by atoms with Crippen molar-refractivity contribution in [2.75, 3.05) is 19.7 Å². The van der Waals surface area contributed by atoms with Gasteiger partial charge in [-0.1, -0.05) is 17.3 Å². The molecule has 0 radical (unpaired) electrons. The maximum absolute atomic E-state index is 12.1. The molecular formula is C19H31N3O3S. The largest absolute Gasteiger partial charge is 0.467 e. The van der Waals surface area contributed by atoms with Gasteiger partial charge in [0.25, 0.3) is 11.1 Å². The first-order valence-electron chi connectivity index (χ1n) is 8.76. The van der Waals surface area contributed by atoms with Crippen molar-refractivity contribution in [2.24, 2.45) is 5.41 Å². The van der Waals surface area contributed by atoms with Gasteiger partial charge in [-0.15, -0.1) is 5.92 Å². The number of carbonyl (C=O) groups is 1. The first-order valence-corrected chi connectivity index (χ1v) is 9.58. The number of aromatic nitrogens is 1. The lowest BCUT2D eigenvalue weighted by Gasteiger charge is -2.22. The Bertz CT molecular complexity index is 633. The van der Waals surface area contributed by atoms with Gasteiger partial charge in [0.1, 0.15) is 17.6 Å². The quantitative estimate of drug-likeness (QED) is 0.476. The Hall–Kier alpha value is -1.62. The number of hydrogen-bond donors (Lipinski definition) is 3. The highest BCUT2D eigenvalue weighted by Gasteiger charge is 2.15. The molecule has 1 atom stereocenters. The van der Waals surface area contributed by atoms with E-state index in [1.54, 1.807) is 0 Å². The molecule has 0 aliphatic heterocycles. The summed E-state index contributed by atoms with van der Waals surface area (Å²) in [5.41, 5.74) is -0.0917. The van der Waals surface area contributed by atoms with Crippen LogP contribution in [-0.4, -0.2) is 47.3 Å². The number of carbonyl (C=O) groups excluding carboxylic acids is 1. The van der Waals surface area contributed by atoms with Crippen LogP contribution in [0, 0.1) is 17.3 Å². The molecule has 1 unspecified atom stereocenters. The molecule has 1 heterocycles. The van der Waals surface area contributed by atoms with E-state index in [0.29, 0.717) is 29.6 Å². The molecule has 26 heavy (non-hydrogen) atoms. The predicted molar refractivity (Wildman–Crippen MR) is 106 cm³/mol. The summed E-state index contributed by atoms with van der Waals surface area (Å²) >= 11 is 1.16. The third kappa shape index (κ3) is 10.4. The lowest BCUT2D eigenvalue weighted by molar-refractivity contribution is 0.0958. The van der Waals surface area contributed by atoms with Crippen molar-refractivity contribution >= 4 is 17.2 Å². The van der Waals surface area contributed by atoms with E-state index < -0.39 is 6.10 Å². The smallest absolute Gasteiger partial charge is 0.273 e. The van der Waals surface area contributed by atoms with Crippen molar-refractivity contribution < 1.29 is 14.6 Å². The van der Waals surface area contributed by atoms with Gasteiger partial charge in [0.2, 0.25) is 0 Å². The third-order valence-corrected chi connectivity index (χ3v) is 3.88. The van der Waals surface area contributed by atoms with E-state index in [1.165, 1.54) is 6.20 Å². The normalized spacial score (nSPS) is 12.9. The van der Waals surface area contributed by atoms with E-state index in [2.05, 4.69) is 27.5 Å². The Labute approximate surface area is 160 Å². The number of rotatable bonds is 8. The molecule has 6 nitrogen and oxygen atoms in total. The van der Waals surface area contributed by atoms with Crippen LogP contribution in [0.5, 0.6) is 5.19 Å². The molecule has 1 aromatic heterocycles. The van der Waals surface area contributed by atoms with E-state index in [9.17, 15) is 9.90 Å². The summed E-state index contributed by atoms with van der Waals surface area (Å²) in [5, 5.41) is 16.3. The number of aliphatic hydroxyl groups is 1. The Balaban J connectivity index is 2.35. The number of amides is 1. The van der Waals surface area contributed by atoms with Gasteiger partial charge in [-0.3, -0.25) is 4.79 Å². The van der Waals surface area contributed by atoms with Crippen LogP contribution >= 0.6 is 11.3 Å². The molecule has 7 heteroatoms. The zero-order chi connectivity index (χ0) is 19.8. The molecule has 1 rings (SSSR count). The van der Waals surface area contributed by atoms with E-state index in [4.69, 9.17) is 4.74 Å². The summed E-state index contributed by atoms with van der Waals surface area (Å²) in [4.78, 5) is 16.6. The van der Waals surface area contributed by atoms with Crippen molar-refractivity contribution in [1.82, 2.24) is 15.6 Å². The van der Waals surface area contributed by atoms with Crippen molar-refractivity contribution in [3.8, 4) is 17.0 Å². The summed E-state index contributed by atoms with van der Waals surface area (Å²) in [6.45, 7) is 13.3. The van der Waals surface area contributed by atoms with E-state index in [1.807, 2.05) is 41.5 Å². The fourth-order valence-corrected chi connectivity index (χ4v) is 2.42. The van der Waals surface area contributed by atoms with Crippen LogP contribution in [0.3, 0.4) is 0 Å². The highest BCUT2D eigenvalue weighted by Crippen LogP contribution is 2.20. The Morgan fingerprint density at radius 2 is 2.04 bits per heavy atom. The molecule has 0 saturated heterocycles. The molecule has 1 amide bonds. The van der Waals surface area contributed by atoms with Crippen LogP contribution in [0.2, 0.25) is 0 Å². The van der Waals surface area contributed by atoms with Gasteiger partial charge in [-0.25, -0.2) is 4.98 Å². The number of ether oxygens (including phenoxy) is 1. The summed E-state index contributed by atoms with van der Waals surface area (Å²) in [6, 6.07) is 0. The van der Waals surface area contributed by atoms with Crippen LogP contribution in [0.4, 0.5) is 0 Å². The van der Waals surface area contributed by atoms with Crippen LogP contribution in [0.15, 0.2) is 6.20 Å². The second kappa shape index (κ2) is 9.91. The van der Waals surface area contributed by atoms with Gasteiger partial charge < -0.3 is 20.5 Å². The SMILES string of the molecule is CC(C)(C)C#CCCNC(=O)c1cnc(OCC(O)CNC(C)(C)C)s1. The maximum Gasteiger partial charge on any atom is 0.273 e. The fraction of sp³-hybridized carbons (Fsp3) is 0.684. The lowest BCUT2D eigenvalue weighted by Crippen LogP contribution is -2.42. The number of hydrogen-bond acceptors (Lipinski definition) is 6. The third-order valence-electron chi connectivity index (χ3n) is 2.97. The van der Waals surface area contributed by atoms with Crippen LogP contribution in [0.1, 0.15) is 57.6 Å². The van der Waals surface area contributed by atoms with Gasteiger partial charge in [0.15, 0.2) is 0 Å². The molecule has 0 aromatic carbocycles. The molecular weight excluding hydrogens is 350 g/mol. The van der Waals surface area contributed by atoms with E-state index in [-0.39, 0.29) is 23.5 Å². The highest BCUT2D eigenvalue weighted by molar-refractivity contribution is 7.15. The van der Waals surface area contributed by atoms with Crippen LogP contribution in [0.25, 0.3) is 0 Å². The fourth-order valence-electron chi connectivity index (χ4n) is 1.73. The topological polar surface area (TPSA) is 83.5 Å². The zero-order valence-electron chi connectivity index (χ0n) is 16.6. The van der Waals surface area contributed by atoms with Crippen LogP contribution < -0.4 is 15.4 Å². The second-order valence-corrected chi connectivity index (χ2v) is 9.14. The van der Waals surface area contributed by atoms with Gasteiger partial charge in [-0.05, 0) is 41.5 Å². The molecule has 0 aliphatic rings. The van der Waals surface area contributed by atoms with Gasteiger partial charge in [-0.2, -0.15) is 0 Å². The van der Waals surface area contributed by atoms with Crippen LogP contribution in [-0.2, 0) is 0 Å². The zero-order valence-corrected chi connectivity index (χ0v) is 17.4. The number of aliphatic hydroxyl groups excluding tert-OH is 1. The van der Waals surface area contributed by atoms with Crippen molar-refractivity contribution in [1.29, 1.82) is 0 Å². The summed E-state index contributed by atoms with van der Waals surface area (Å²) in [7, 11) is 0. The van der Waals surface area contributed by atoms with Gasteiger partial charge in [0.05, 0.1) is 6.20 Å². The monoisotopic (exact) mass is 381 g/mol. The maximum atomic E-state index is 12.1. The van der Waals surface area contributed by atoms with Gasteiger partial charge >= 0.3 is 0 Å². The number of nitrogens with one attached hydrogen (secondary N) is 2. The molecule has 0 bridgehead atoms. The average Bonchev–Trinajstić information content (AvgIpc) is 2.97. The average molecular weight is 382 g/mol. The van der Waals surface area contributed by atoms with E-state index in [0.717, 1.165) is 11.3 Å². The Kier molecular flexibility index (Phi) is 8.54. The molecule has 0 aliphatic carbocycles. The van der Waals surface area contributed by atoms with Crippen molar-refractivity contribution in [3.05, 3.63) is 11.1 Å². The standard InChI is InChI=1S/C19H31N3O3S/c1-18(2,3)9-7-8-10-20-16(24)15-12-21-17(26-15)25-13-14(23)11-22-19(4,5)6/h12,14,22-23H,8,10-11,13H2,1-6H3,(H,20,24).